The van der Waals surface area contributed by atoms with E-state index in [1.54, 1.807) is 14.2 Å². The lowest BCUT2D eigenvalue weighted by atomic mass is 9.84. The van der Waals surface area contributed by atoms with Crippen molar-refractivity contribution in [3.63, 3.8) is 0 Å². The van der Waals surface area contributed by atoms with Gasteiger partial charge in [0.25, 0.3) is 0 Å². The fourth-order valence-corrected chi connectivity index (χ4v) is 3.68. The van der Waals surface area contributed by atoms with Crippen molar-refractivity contribution in [2.45, 2.75) is 38.6 Å². The minimum atomic E-state index is 0.422. The summed E-state index contributed by atoms with van der Waals surface area (Å²) in [7, 11) is 3.27. The van der Waals surface area contributed by atoms with E-state index in [1.807, 2.05) is 30.3 Å². The Morgan fingerprint density at radius 1 is 1.15 bits per heavy atom. The Hall–Kier alpha value is -2.33. The van der Waals surface area contributed by atoms with Gasteiger partial charge in [0.2, 0.25) is 0 Å². The van der Waals surface area contributed by atoms with Crippen molar-refractivity contribution in [3.05, 3.63) is 58.1 Å². The summed E-state index contributed by atoms with van der Waals surface area (Å²) in [5, 5.41) is 9.22. The topological polar surface area (TPSA) is 54.7 Å². The van der Waals surface area contributed by atoms with E-state index >= 15 is 0 Å². The lowest BCUT2D eigenvalue weighted by Crippen LogP contribution is -2.20. The molecule has 1 unspecified atom stereocenters. The minimum Gasteiger partial charge on any atom is -0.497 e. The van der Waals surface area contributed by atoms with Crippen LogP contribution < -0.4 is 9.47 Å². The zero-order valence-electron chi connectivity index (χ0n) is 16.0. The maximum Gasteiger partial charge on any atom is 0.127 e. The van der Waals surface area contributed by atoms with Gasteiger partial charge in [-0.2, -0.15) is 0 Å². The van der Waals surface area contributed by atoms with E-state index in [0.717, 1.165) is 47.6 Å². The molecule has 1 aliphatic carbocycles. The smallest absolute Gasteiger partial charge is 0.127 e. The summed E-state index contributed by atoms with van der Waals surface area (Å²) in [6.07, 6.45) is 2.79. The van der Waals surface area contributed by atoms with E-state index in [1.165, 1.54) is 5.56 Å². The SMILES string of the molecule is COc1ccc(CN=C2C(=N)CCCC(C)c3ccc(Cl)cc32)c(OC)c1. The van der Waals surface area contributed by atoms with Gasteiger partial charge in [0.05, 0.1) is 32.2 Å². The third-order valence-corrected chi connectivity index (χ3v) is 5.29. The first-order valence-electron chi connectivity index (χ1n) is 9.16. The van der Waals surface area contributed by atoms with Gasteiger partial charge in [-0.3, -0.25) is 4.99 Å². The Balaban J connectivity index is 2.02. The van der Waals surface area contributed by atoms with Crippen LogP contribution in [0.25, 0.3) is 0 Å². The molecule has 5 heteroatoms. The number of rotatable bonds is 4. The molecule has 1 atom stereocenters. The largest absolute Gasteiger partial charge is 0.497 e. The highest BCUT2D eigenvalue weighted by molar-refractivity contribution is 6.48. The molecular formula is C22H25ClN2O2. The van der Waals surface area contributed by atoms with Crippen LogP contribution in [0.1, 0.15) is 48.8 Å². The lowest BCUT2D eigenvalue weighted by Gasteiger charge is -2.22. The van der Waals surface area contributed by atoms with Crippen LogP contribution >= 0.6 is 11.6 Å². The van der Waals surface area contributed by atoms with Gasteiger partial charge in [-0.1, -0.05) is 24.6 Å². The quantitative estimate of drug-likeness (QED) is 0.740. The average Bonchev–Trinajstić information content (AvgIpc) is 2.67. The molecule has 1 N–H and O–H groups in total. The number of hydrogen-bond donors (Lipinski definition) is 1. The molecule has 27 heavy (non-hydrogen) atoms. The molecule has 0 heterocycles. The minimum absolute atomic E-state index is 0.422. The summed E-state index contributed by atoms with van der Waals surface area (Å²) in [6, 6.07) is 11.6. The second-order valence-electron chi connectivity index (χ2n) is 6.85. The number of fused-ring (bicyclic) bond motifs is 1. The van der Waals surface area contributed by atoms with Crippen LogP contribution in [0.15, 0.2) is 41.4 Å². The molecular weight excluding hydrogens is 360 g/mol. The van der Waals surface area contributed by atoms with Crippen LogP contribution in [0.3, 0.4) is 0 Å². The van der Waals surface area contributed by atoms with Gasteiger partial charge in [0.15, 0.2) is 0 Å². The van der Waals surface area contributed by atoms with Gasteiger partial charge in [-0.15, -0.1) is 0 Å². The lowest BCUT2D eigenvalue weighted by molar-refractivity contribution is 0.391. The molecule has 2 aromatic rings. The number of nitrogens with one attached hydrogen (secondary N) is 1. The fraction of sp³-hybridized carbons (Fsp3) is 0.364. The maximum atomic E-state index is 8.55. The Kier molecular flexibility index (Phi) is 6.17. The number of halogens is 1. The molecule has 0 saturated heterocycles. The van der Waals surface area contributed by atoms with Gasteiger partial charge in [-0.25, -0.2) is 0 Å². The van der Waals surface area contributed by atoms with Crippen LogP contribution in [0.5, 0.6) is 11.5 Å². The number of aliphatic imine (C=N–C) groups is 1. The number of benzene rings is 2. The van der Waals surface area contributed by atoms with Crippen molar-refractivity contribution in [1.82, 2.24) is 0 Å². The molecule has 2 aromatic carbocycles. The van der Waals surface area contributed by atoms with Gasteiger partial charge in [0, 0.05) is 22.2 Å². The average molecular weight is 385 g/mol. The molecule has 3 rings (SSSR count). The third kappa shape index (κ3) is 4.33. The van der Waals surface area contributed by atoms with Crippen LogP contribution in [-0.2, 0) is 6.54 Å². The van der Waals surface area contributed by atoms with Crippen molar-refractivity contribution >= 4 is 23.0 Å². The van der Waals surface area contributed by atoms with Crippen molar-refractivity contribution in [3.8, 4) is 11.5 Å². The molecule has 4 nitrogen and oxygen atoms in total. The highest BCUT2D eigenvalue weighted by atomic mass is 35.5. The van der Waals surface area contributed by atoms with E-state index in [-0.39, 0.29) is 0 Å². The summed E-state index contributed by atoms with van der Waals surface area (Å²) in [6.45, 7) is 2.66. The fourth-order valence-electron chi connectivity index (χ4n) is 3.51. The maximum absolute atomic E-state index is 8.55. The Bertz CT molecular complexity index is 877. The molecule has 0 bridgehead atoms. The first kappa shape index (κ1) is 19.4. The molecule has 0 aromatic heterocycles. The molecule has 1 aliphatic rings. The second kappa shape index (κ2) is 8.57. The Morgan fingerprint density at radius 2 is 1.96 bits per heavy atom. The molecule has 0 amide bonds. The summed E-state index contributed by atoms with van der Waals surface area (Å²) in [4.78, 5) is 4.83. The first-order valence-corrected chi connectivity index (χ1v) is 9.54. The van der Waals surface area contributed by atoms with Crippen LogP contribution in [0.2, 0.25) is 5.02 Å². The molecule has 0 fully saturated rings. The highest BCUT2D eigenvalue weighted by Crippen LogP contribution is 2.31. The molecule has 0 spiro atoms. The third-order valence-electron chi connectivity index (χ3n) is 5.05. The van der Waals surface area contributed by atoms with E-state index < -0.39 is 0 Å². The number of hydrogen-bond acceptors (Lipinski definition) is 4. The molecule has 0 saturated carbocycles. The predicted octanol–water partition coefficient (Wildman–Crippen LogP) is 5.65. The monoisotopic (exact) mass is 384 g/mol. The van der Waals surface area contributed by atoms with Crippen LogP contribution in [0, 0.1) is 5.41 Å². The summed E-state index contributed by atoms with van der Waals surface area (Å²) in [5.74, 6) is 1.90. The standard InChI is InChI=1S/C22H25ClN2O2/c1-14-5-4-6-20(24)22(19-11-16(23)8-10-18(14)19)25-13-15-7-9-17(26-2)12-21(15)27-3/h7-12,14,24H,4-6,13H2,1-3H3. The van der Waals surface area contributed by atoms with Crippen molar-refractivity contribution in [2.75, 3.05) is 14.2 Å². The zero-order valence-corrected chi connectivity index (χ0v) is 16.8. The number of ether oxygens (including phenoxy) is 2. The van der Waals surface area contributed by atoms with Crippen molar-refractivity contribution in [2.24, 2.45) is 4.99 Å². The Morgan fingerprint density at radius 3 is 2.70 bits per heavy atom. The van der Waals surface area contributed by atoms with Crippen molar-refractivity contribution < 1.29 is 9.47 Å². The summed E-state index contributed by atoms with van der Waals surface area (Å²) < 4.78 is 10.7. The van der Waals surface area contributed by atoms with E-state index in [4.69, 9.17) is 31.5 Å². The van der Waals surface area contributed by atoms with E-state index in [0.29, 0.717) is 23.2 Å². The van der Waals surface area contributed by atoms with Gasteiger partial charge in [0.1, 0.15) is 11.5 Å². The van der Waals surface area contributed by atoms with E-state index in [2.05, 4.69) is 13.0 Å². The molecule has 142 valence electrons. The number of methoxy groups -OCH3 is 2. The van der Waals surface area contributed by atoms with Crippen LogP contribution in [-0.4, -0.2) is 25.6 Å². The first-order chi connectivity index (χ1) is 13.0. The van der Waals surface area contributed by atoms with Gasteiger partial charge < -0.3 is 14.9 Å². The normalized spacial score (nSPS) is 18.6. The highest BCUT2D eigenvalue weighted by Gasteiger charge is 2.21. The van der Waals surface area contributed by atoms with Gasteiger partial charge >= 0.3 is 0 Å². The Labute approximate surface area is 165 Å². The van der Waals surface area contributed by atoms with Gasteiger partial charge in [-0.05, 0) is 55.0 Å². The van der Waals surface area contributed by atoms with Crippen molar-refractivity contribution in [1.29, 1.82) is 5.41 Å². The zero-order chi connectivity index (χ0) is 19.4. The second-order valence-corrected chi connectivity index (χ2v) is 7.28. The summed E-state index contributed by atoms with van der Waals surface area (Å²) in [5.41, 5.74) is 4.45. The van der Waals surface area contributed by atoms with Crippen LogP contribution in [0.4, 0.5) is 0 Å². The molecule has 0 aliphatic heterocycles. The summed E-state index contributed by atoms with van der Waals surface area (Å²) >= 11 is 6.27. The van der Waals surface area contributed by atoms with E-state index in [9.17, 15) is 0 Å². The molecule has 0 radical (unpaired) electrons. The number of nitrogens with zero attached hydrogens (tertiary/aromatic N) is 1. The predicted molar refractivity (Wildman–Crippen MR) is 111 cm³/mol.